The molecule has 0 aromatic heterocycles. The zero-order chi connectivity index (χ0) is 13.0. The fourth-order valence-corrected chi connectivity index (χ4v) is 3.04. The summed E-state index contributed by atoms with van der Waals surface area (Å²) < 4.78 is 0. The fraction of sp³-hybridized carbons (Fsp3) is 0.417. The number of hydrogen-bond donors (Lipinski definition) is 1. The van der Waals surface area contributed by atoms with Crippen LogP contribution in [0.3, 0.4) is 0 Å². The summed E-state index contributed by atoms with van der Waals surface area (Å²) in [6, 6.07) is 6.86. The number of nitro benzene ring substituents is 1. The number of anilines is 1. The quantitative estimate of drug-likeness (QED) is 0.670. The first kappa shape index (κ1) is 12.7. The van der Waals surface area contributed by atoms with E-state index in [-0.39, 0.29) is 11.3 Å². The predicted molar refractivity (Wildman–Crippen MR) is 71.8 cm³/mol. The number of nitrogens with one attached hydrogen (secondary N) is 1. The van der Waals surface area contributed by atoms with Gasteiger partial charge in [0, 0.05) is 23.5 Å². The molecule has 1 fully saturated rings. The second-order valence-electron chi connectivity index (χ2n) is 4.16. The molecule has 1 aromatic carbocycles. The molecule has 0 radical (unpaired) electrons. The summed E-state index contributed by atoms with van der Waals surface area (Å²) in [7, 11) is 0. The van der Waals surface area contributed by atoms with E-state index in [9.17, 15) is 10.1 Å². The molecule has 1 N–H and O–H groups in total. The largest absolute Gasteiger partial charge is 0.381 e. The van der Waals surface area contributed by atoms with Crippen molar-refractivity contribution in [2.45, 2.75) is 18.9 Å². The molecule has 94 valence electrons. The van der Waals surface area contributed by atoms with Crippen molar-refractivity contribution in [2.75, 3.05) is 16.8 Å². The average Bonchev–Trinajstić information content (AvgIpc) is 2.39. The molecule has 1 aliphatic rings. The van der Waals surface area contributed by atoms with E-state index in [0.717, 1.165) is 17.9 Å². The fourth-order valence-electron chi connectivity index (χ4n) is 1.96. The lowest BCUT2D eigenvalue weighted by Crippen LogP contribution is -2.25. The highest BCUT2D eigenvalue weighted by molar-refractivity contribution is 7.99. The van der Waals surface area contributed by atoms with Crippen LogP contribution in [0.5, 0.6) is 0 Å². The van der Waals surface area contributed by atoms with Gasteiger partial charge in [-0.25, -0.2) is 0 Å². The lowest BCUT2D eigenvalue weighted by Gasteiger charge is -2.23. The van der Waals surface area contributed by atoms with Crippen LogP contribution in [0.4, 0.5) is 11.4 Å². The minimum Gasteiger partial charge on any atom is -0.381 e. The molecule has 0 amide bonds. The van der Waals surface area contributed by atoms with Crippen molar-refractivity contribution in [2.24, 2.45) is 0 Å². The van der Waals surface area contributed by atoms with E-state index in [2.05, 4.69) is 5.32 Å². The number of nitriles is 1. The highest BCUT2D eigenvalue weighted by atomic mass is 32.2. The van der Waals surface area contributed by atoms with Crippen LogP contribution in [0.25, 0.3) is 0 Å². The molecule has 1 saturated heterocycles. The van der Waals surface area contributed by atoms with Crippen LogP contribution in [0.15, 0.2) is 18.2 Å². The molecule has 0 aliphatic carbocycles. The zero-order valence-corrected chi connectivity index (χ0v) is 10.6. The predicted octanol–water partition coefficient (Wildman–Crippen LogP) is 2.77. The van der Waals surface area contributed by atoms with Crippen molar-refractivity contribution in [3.8, 4) is 6.07 Å². The topological polar surface area (TPSA) is 79.0 Å². The van der Waals surface area contributed by atoms with Gasteiger partial charge in [-0.2, -0.15) is 17.0 Å². The molecule has 0 unspecified atom stereocenters. The van der Waals surface area contributed by atoms with Gasteiger partial charge in [0.15, 0.2) is 0 Å². The van der Waals surface area contributed by atoms with E-state index < -0.39 is 4.92 Å². The maximum atomic E-state index is 10.7. The summed E-state index contributed by atoms with van der Waals surface area (Å²) in [6.45, 7) is 0. The van der Waals surface area contributed by atoms with Gasteiger partial charge < -0.3 is 5.32 Å². The smallest absolute Gasteiger partial charge is 0.287 e. The van der Waals surface area contributed by atoms with E-state index in [1.807, 2.05) is 17.8 Å². The lowest BCUT2D eigenvalue weighted by molar-refractivity contribution is -0.385. The third-order valence-electron chi connectivity index (χ3n) is 2.84. The molecule has 18 heavy (non-hydrogen) atoms. The maximum absolute atomic E-state index is 10.7. The Balaban J connectivity index is 2.14. The molecule has 1 aliphatic heterocycles. The minimum absolute atomic E-state index is 0.105. The van der Waals surface area contributed by atoms with Crippen LogP contribution in [0.2, 0.25) is 0 Å². The Morgan fingerprint density at radius 3 is 3.00 bits per heavy atom. The Bertz CT molecular complexity index is 493. The van der Waals surface area contributed by atoms with E-state index in [1.165, 1.54) is 18.2 Å². The van der Waals surface area contributed by atoms with Gasteiger partial charge in [-0.15, -0.1) is 0 Å². The monoisotopic (exact) mass is 263 g/mol. The maximum Gasteiger partial charge on any atom is 0.287 e. The molecule has 5 nitrogen and oxygen atoms in total. The van der Waals surface area contributed by atoms with Crippen molar-refractivity contribution in [3.63, 3.8) is 0 Å². The van der Waals surface area contributed by atoms with Crippen molar-refractivity contribution >= 4 is 23.1 Å². The molecule has 0 saturated carbocycles. The van der Waals surface area contributed by atoms with Gasteiger partial charge in [0.2, 0.25) is 0 Å². The molecule has 0 spiro atoms. The Morgan fingerprint density at radius 1 is 1.56 bits per heavy atom. The van der Waals surface area contributed by atoms with Crippen molar-refractivity contribution < 1.29 is 4.92 Å². The lowest BCUT2D eigenvalue weighted by atomic mass is 10.1. The summed E-state index contributed by atoms with van der Waals surface area (Å²) in [6.07, 6.45) is 2.28. The Hall–Kier alpha value is -1.74. The molecule has 1 atom stereocenters. The summed E-state index contributed by atoms with van der Waals surface area (Å²) in [5.41, 5.74) is 0.749. The van der Waals surface area contributed by atoms with Gasteiger partial charge in [-0.3, -0.25) is 10.1 Å². The third-order valence-corrected chi connectivity index (χ3v) is 4.06. The van der Waals surface area contributed by atoms with E-state index in [0.29, 0.717) is 6.04 Å². The highest BCUT2D eigenvalue weighted by Gasteiger charge is 2.17. The molecular weight excluding hydrogens is 250 g/mol. The Labute approximate surface area is 109 Å². The van der Waals surface area contributed by atoms with E-state index >= 15 is 0 Å². The first-order chi connectivity index (χ1) is 8.70. The second-order valence-corrected chi connectivity index (χ2v) is 5.31. The zero-order valence-electron chi connectivity index (χ0n) is 9.76. The van der Waals surface area contributed by atoms with Gasteiger partial charge in [-0.05, 0) is 30.7 Å². The molecule has 2 rings (SSSR count). The highest BCUT2D eigenvalue weighted by Crippen LogP contribution is 2.25. The molecule has 1 aromatic rings. The van der Waals surface area contributed by atoms with Gasteiger partial charge >= 0.3 is 0 Å². The van der Waals surface area contributed by atoms with Crippen LogP contribution in [-0.2, 0) is 0 Å². The number of nitro groups is 1. The molecular formula is C12H13N3O2S. The van der Waals surface area contributed by atoms with E-state index in [4.69, 9.17) is 5.26 Å². The second kappa shape index (κ2) is 5.74. The minimum atomic E-state index is -0.529. The van der Waals surface area contributed by atoms with Gasteiger partial charge in [0.05, 0.1) is 4.92 Å². The third kappa shape index (κ3) is 2.93. The average molecular weight is 263 g/mol. The summed E-state index contributed by atoms with van der Waals surface area (Å²) >= 11 is 1.90. The van der Waals surface area contributed by atoms with Crippen LogP contribution < -0.4 is 5.32 Å². The van der Waals surface area contributed by atoms with Crippen molar-refractivity contribution in [3.05, 3.63) is 33.9 Å². The number of hydrogen-bond acceptors (Lipinski definition) is 5. The first-order valence-corrected chi connectivity index (χ1v) is 6.89. The number of benzene rings is 1. The number of nitrogens with zero attached hydrogens (tertiary/aromatic N) is 2. The Morgan fingerprint density at radius 2 is 2.39 bits per heavy atom. The van der Waals surface area contributed by atoms with Crippen LogP contribution >= 0.6 is 11.8 Å². The van der Waals surface area contributed by atoms with Gasteiger partial charge in [0.25, 0.3) is 5.69 Å². The summed E-state index contributed by atoms with van der Waals surface area (Å²) in [4.78, 5) is 10.2. The SMILES string of the molecule is N#Cc1cc(N[C@@H]2CCCSC2)ccc1[N+](=O)[O-]. The first-order valence-electron chi connectivity index (χ1n) is 5.73. The van der Waals surface area contributed by atoms with E-state index in [1.54, 1.807) is 12.1 Å². The number of thioether (sulfide) groups is 1. The molecule has 1 heterocycles. The Kier molecular flexibility index (Phi) is 4.05. The van der Waals surface area contributed by atoms with Crippen LogP contribution in [0, 0.1) is 21.4 Å². The summed E-state index contributed by atoms with van der Waals surface area (Å²) in [5, 5.41) is 23.0. The number of rotatable bonds is 3. The molecule has 0 bridgehead atoms. The standard InChI is InChI=1S/C12H13N3O2S/c13-7-9-6-10(3-4-12(9)15(16)17)14-11-2-1-5-18-8-11/h3-4,6,11,14H,1-2,5,8H2/t11-/m1/s1. The van der Waals surface area contributed by atoms with Crippen molar-refractivity contribution in [1.82, 2.24) is 0 Å². The molecule has 6 heteroatoms. The van der Waals surface area contributed by atoms with Crippen LogP contribution in [0.1, 0.15) is 18.4 Å². The van der Waals surface area contributed by atoms with Gasteiger partial charge in [-0.1, -0.05) is 0 Å². The normalized spacial score (nSPS) is 18.9. The van der Waals surface area contributed by atoms with Crippen LogP contribution in [-0.4, -0.2) is 22.5 Å². The van der Waals surface area contributed by atoms with Crippen molar-refractivity contribution in [1.29, 1.82) is 5.26 Å². The summed E-state index contributed by atoms with van der Waals surface area (Å²) in [5.74, 6) is 2.24. The van der Waals surface area contributed by atoms with Gasteiger partial charge in [0.1, 0.15) is 11.6 Å².